The van der Waals surface area contributed by atoms with Crippen LogP contribution in [0.5, 0.6) is 0 Å². The van der Waals surface area contributed by atoms with Crippen LogP contribution < -0.4 is 10.6 Å². The number of nitrogens with zero attached hydrogens (tertiary/aromatic N) is 3. The predicted molar refractivity (Wildman–Crippen MR) is 91.9 cm³/mol. The molecule has 1 amide bonds. The van der Waals surface area contributed by atoms with E-state index in [-0.39, 0.29) is 5.91 Å². The van der Waals surface area contributed by atoms with E-state index in [0.29, 0.717) is 0 Å². The highest BCUT2D eigenvalue weighted by Crippen LogP contribution is 2.36. The Kier molecular flexibility index (Phi) is 3.72. The van der Waals surface area contributed by atoms with Gasteiger partial charge in [-0.05, 0) is 45.8 Å². The van der Waals surface area contributed by atoms with Crippen LogP contribution in [-0.2, 0) is 13.1 Å². The highest BCUT2D eigenvalue weighted by molar-refractivity contribution is 9.10. The molecule has 2 aromatic heterocycles. The number of nitrogens with one attached hydrogen (secondary N) is 2. The molecule has 1 aromatic carbocycles. The standard InChI is InChI=1S/C15H12BrN5OS/c16-13-11-5-17-6-12(11)23-14(13)15(22)20-9-1-3-10(4-2-9)21-8-18-7-19-21/h1-4,7-8,17H,5-6H2,(H,20,22). The maximum Gasteiger partial charge on any atom is 0.266 e. The van der Waals surface area contributed by atoms with Gasteiger partial charge in [-0.2, -0.15) is 5.10 Å². The molecule has 4 rings (SSSR count). The van der Waals surface area contributed by atoms with E-state index in [1.807, 2.05) is 24.3 Å². The fraction of sp³-hybridized carbons (Fsp3) is 0.133. The summed E-state index contributed by atoms with van der Waals surface area (Å²) in [6.45, 7) is 1.64. The van der Waals surface area contributed by atoms with Crippen LogP contribution in [0.3, 0.4) is 0 Å². The first kappa shape index (κ1) is 14.6. The van der Waals surface area contributed by atoms with E-state index in [4.69, 9.17) is 0 Å². The third kappa shape index (κ3) is 2.69. The summed E-state index contributed by atoms with van der Waals surface area (Å²) < 4.78 is 2.57. The van der Waals surface area contributed by atoms with Crippen LogP contribution in [0.2, 0.25) is 0 Å². The summed E-state index contributed by atoms with van der Waals surface area (Å²) in [5, 5.41) is 10.3. The van der Waals surface area contributed by atoms with Gasteiger partial charge in [0.15, 0.2) is 0 Å². The molecule has 0 saturated carbocycles. The number of anilines is 1. The average molecular weight is 390 g/mol. The van der Waals surface area contributed by atoms with Crippen molar-refractivity contribution < 1.29 is 4.79 Å². The Hall–Kier alpha value is -2.03. The Morgan fingerprint density at radius 2 is 2.13 bits per heavy atom. The van der Waals surface area contributed by atoms with Crippen molar-refractivity contribution in [2.75, 3.05) is 5.32 Å². The molecule has 6 nitrogen and oxygen atoms in total. The second-order valence-electron chi connectivity index (χ2n) is 5.09. The van der Waals surface area contributed by atoms with Gasteiger partial charge in [-0.3, -0.25) is 4.79 Å². The summed E-state index contributed by atoms with van der Waals surface area (Å²) in [4.78, 5) is 18.3. The van der Waals surface area contributed by atoms with Gasteiger partial charge in [-0.25, -0.2) is 9.67 Å². The molecular formula is C15H12BrN5OS. The van der Waals surface area contributed by atoms with Crippen molar-refractivity contribution in [3.05, 3.63) is 56.7 Å². The van der Waals surface area contributed by atoms with Gasteiger partial charge >= 0.3 is 0 Å². The number of hydrogen-bond donors (Lipinski definition) is 2. The number of halogens is 1. The monoisotopic (exact) mass is 389 g/mol. The van der Waals surface area contributed by atoms with E-state index in [0.717, 1.165) is 33.8 Å². The fourth-order valence-corrected chi connectivity index (χ4v) is 4.49. The molecule has 116 valence electrons. The first-order valence-electron chi connectivity index (χ1n) is 6.99. The lowest BCUT2D eigenvalue weighted by Gasteiger charge is -2.06. The van der Waals surface area contributed by atoms with E-state index in [1.54, 1.807) is 11.0 Å². The molecule has 0 fully saturated rings. The molecule has 0 unspecified atom stereocenters. The van der Waals surface area contributed by atoms with Crippen molar-refractivity contribution in [1.82, 2.24) is 20.1 Å². The minimum atomic E-state index is -0.0928. The molecule has 3 heterocycles. The summed E-state index contributed by atoms with van der Waals surface area (Å²) in [5.74, 6) is -0.0928. The normalized spacial score (nSPS) is 13.1. The van der Waals surface area contributed by atoms with Crippen LogP contribution >= 0.6 is 27.3 Å². The van der Waals surface area contributed by atoms with Gasteiger partial charge in [0.2, 0.25) is 0 Å². The molecule has 0 bridgehead atoms. The largest absolute Gasteiger partial charge is 0.321 e. The van der Waals surface area contributed by atoms with E-state index in [9.17, 15) is 4.79 Å². The number of carbonyl (C=O) groups is 1. The highest BCUT2D eigenvalue weighted by atomic mass is 79.9. The third-order valence-corrected chi connectivity index (χ3v) is 6.00. The molecule has 0 saturated heterocycles. The van der Waals surface area contributed by atoms with Crippen molar-refractivity contribution in [3.8, 4) is 5.69 Å². The summed E-state index contributed by atoms with van der Waals surface area (Å²) >= 11 is 5.08. The van der Waals surface area contributed by atoms with Crippen LogP contribution in [0, 0.1) is 0 Å². The molecule has 0 spiro atoms. The molecule has 3 aromatic rings. The van der Waals surface area contributed by atoms with E-state index in [1.165, 1.54) is 28.1 Å². The Morgan fingerprint density at radius 3 is 2.83 bits per heavy atom. The van der Waals surface area contributed by atoms with Crippen molar-refractivity contribution >= 4 is 38.9 Å². The number of carbonyl (C=O) groups excluding carboxylic acids is 1. The van der Waals surface area contributed by atoms with Crippen molar-refractivity contribution in [3.63, 3.8) is 0 Å². The fourth-order valence-electron chi connectivity index (χ4n) is 2.48. The number of amides is 1. The lowest BCUT2D eigenvalue weighted by Crippen LogP contribution is -2.11. The van der Waals surface area contributed by atoms with E-state index < -0.39 is 0 Å². The van der Waals surface area contributed by atoms with Gasteiger partial charge in [0.25, 0.3) is 5.91 Å². The minimum Gasteiger partial charge on any atom is -0.321 e. The molecule has 1 aliphatic rings. The molecule has 2 N–H and O–H groups in total. The second-order valence-corrected chi connectivity index (χ2v) is 6.99. The van der Waals surface area contributed by atoms with Crippen LogP contribution in [0.25, 0.3) is 5.69 Å². The molecule has 8 heteroatoms. The number of benzene rings is 1. The minimum absolute atomic E-state index is 0.0928. The lowest BCUT2D eigenvalue weighted by molar-refractivity contribution is 0.103. The first-order chi connectivity index (χ1) is 11.2. The van der Waals surface area contributed by atoms with Crippen LogP contribution in [0.4, 0.5) is 5.69 Å². The summed E-state index contributed by atoms with van der Waals surface area (Å²) in [7, 11) is 0. The summed E-state index contributed by atoms with van der Waals surface area (Å²) in [6.07, 6.45) is 3.12. The van der Waals surface area contributed by atoms with Crippen molar-refractivity contribution in [2.24, 2.45) is 0 Å². The molecule has 0 atom stereocenters. The van der Waals surface area contributed by atoms with E-state index >= 15 is 0 Å². The Labute approximate surface area is 144 Å². The molecule has 0 radical (unpaired) electrons. The zero-order chi connectivity index (χ0) is 15.8. The Bertz CT molecular complexity index is 857. The zero-order valence-electron chi connectivity index (χ0n) is 11.9. The van der Waals surface area contributed by atoms with E-state index in [2.05, 4.69) is 36.6 Å². The Balaban J connectivity index is 1.53. The van der Waals surface area contributed by atoms with Crippen LogP contribution in [0.15, 0.2) is 41.4 Å². The maximum atomic E-state index is 12.5. The topological polar surface area (TPSA) is 71.8 Å². The molecule has 1 aliphatic heterocycles. The third-order valence-electron chi connectivity index (χ3n) is 3.63. The van der Waals surface area contributed by atoms with Gasteiger partial charge in [-0.1, -0.05) is 0 Å². The SMILES string of the molecule is O=C(Nc1ccc(-n2cncn2)cc1)c1sc2c(c1Br)CNC2. The van der Waals surface area contributed by atoms with Crippen molar-refractivity contribution in [1.29, 1.82) is 0 Å². The smallest absolute Gasteiger partial charge is 0.266 e. The van der Waals surface area contributed by atoms with Crippen molar-refractivity contribution in [2.45, 2.75) is 13.1 Å². The van der Waals surface area contributed by atoms with Gasteiger partial charge in [0.05, 0.1) is 5.69 Å². The quantitative estimate of drug-likeness (QED) is 0.722. The van der Waals surface area contributed by atoms with Gasteiger partial charge in [0, 0.05) is 28.1 Å². The summed E-state index contributed by atoms with van der Waals surface area (Å²) in [5.41, 5.74) is 2.84. The number of rotatable bonds is 3. The zero-order valence-corrected chi connectivity index (χ0v) is 14.3. The lowest BCUT2D eigenvalue weighted by atomic mass is 10.2. The molecule has 0 aliphatic carbocycles. The first-order valence-corrected chi connectivity index (χ1v) is 8.60. The predicted octanol–water partition coefficient (Wildman–Crippen LogP) is 2.95. The summed E-state index contributed by atoms with van der Waals surface area (Å²) in [6, 6.07) is 7.48. The van der Waals surface area contributed by atoms with Gasteiger partial charge in [0.1, 0.15) is 17.5 Å². The van der Waals surface area contributed by atoms with Crippen LogP contribution in [-0.4, -0.2) is 20.7 Å². The molecule has 23 heavy (non-hydrogen) atoms. The van der Waals surface area contributed by atoms with Crippen LogP contribution in [0.1, 0.15) is 20.1 Å². The van der Waals surface area contributed by atoms with Gasteiger partial charge < -0.3 is 10.6 Å². The Morgan fingerprint density at radius 1 is 1.30 bits per heavy atom. The number of fused-ring (bicyclic) bond motifs is 1. The number of aromatic nitrogens is 3. The highest BCUT2D eigenvalue weighted by Gasteiger charge is 2.24. The average Bonchev–Trinajstić information content (AvgIpc) is 3.27. The number of thiophene rings is 1. The maximum absolute atomic E-state index is 12.5. The molecular weight excluding hydrogens is 378 g/mol. The number of hydrogen-bond acceptors (Lipinski definition) is 5. The second kappa shape index (κ2) is 5.88. The van der Waals surface area contributed by atoms with Gasteiger partial charge in [-0.15, -0.1) is 11.3 Å².